The van der Waals surface area contributed by atoms with Crippen molar-refractivity contribution >= 4 is 39.1 Å². The molecule has 1 saturated heterocycles. The zero-order chi connectivity index (χ0) is 21.1. The predicted octanol–water partition coefficient (Wildman–Crippen LogP) is 2.80. The number of nitro benzene ring substituents is 1. The number of carbonyl (C=O) groups is 2. The summed E-state index contributed by atoms with van der Waals surface area (Å²) in [7, 11) is 0. The van der Waals surface area contributed by atoms with Crippen LogP contribution in [0.4, 0.5) is 5.69 Å². The first-order chi connectivity index (χ1) is 14.5. The summed E-state index contributed by atoms with van der Waals surface area (Å²) in [5, 5.41) is 11.7. The molecule has 0 bridgehead atoms. The van der Waals surface area contributed by atoms with E-state index < -0.39 is 10.8 Å². The molecule has 2 aromatic carbocycles. The fourth-order valence-corrected chi connectivity index (χ4v) is 4.62. The highest BCUT2D eigenvalue weighted by molar-refractivity contribution is 7.18. The summed E-state index contributed by atoms with van der Waals surface area (Å²) in [4.78, 5) is 41.4. The van der Waals surface area contributed by atoms with Gasteiger partial charge in [0.25, 0.3) is 17.5 Å². The van der Waals surface area contributed by atoms with Crippen LogP contribution in [0.25, 0.3) is 10.2 Å². The predicted molar refractivity (Wildman–Crippen MR) is 112 cm³/mol. The molecule has 2 heterocycles. The average Bonchev–Trinajstić information content (AvgIpc) is 3.38. The lowest BCUT2D eigenvalue weighted by Gasteiger charge is -2.22. The van der Waals surface area contributed by atoms with Crippen LogP contribution in [0.15, 0.2) is 48.5 Å². The largest absolute Gasteiger partial charge is 0.285 e. The van der Waals surface area contributed by atoms with Crippen molar-refractivity contribution in [2.75, 3.05) is 13.1 Å². The zero-order valence-electron chi connectivity index (χ0n) is 15.9. The van der Waals surface area contributed by atoms with E-state index in [1.165, 1.54) is 24.3 Å². The van der Waals surface area contributed by atoms with Gasteiger partial charge in [0.05, 0.1) is 27.7 Å². The molecule has 0 spiro atoms. The Hall–Kier alpha value is -3.37. The molecule has 0 saturated carbocycles. The number of nitro groups is 1. The number of fused-ring (bicyclic) bond motifs is 1. The number of rotatable bonds is 5. The van der Waals surface area contributed by atoms with Crippen molar-refractivity contribution < 1.29 is 14.5 Å². The number of hydrazine groups is 1. The Balaban J connectivity index is 1.33. The summed E-state index contributed by atoms with van der Waals surface area (Å²) >= 11 is 1.64. The maximum Gasteiger partial charge on any atom is 0.269 e. The number of benzene rings is 2. The molecule has 2 amide bonds. The summed E-state index contributed by atoms with van der Waals surface area (Å²) in [6.45, 7) is 0.922. The van der Waals surface area contributed by atoms with Crippen molar-refractivity contribution in [3.63, 3.8) is 0 Å². The van der Waals surface area contributed by atoms with Crippen LogP contribution in [0, 0.1) is 10.1 Å². The lowest BCUT2D eigenvalue weighted by atomic mass is 10.2. The van der Waals surface area contributed by atoms with E-state index in [1.807, 2.05) is 24.3 Å². The molecule has 1 atom stereocenters. The van der Waals surface area contributed by atoms with E-state index in [4.69, 9.17) is 4.98 Å². The van der Waals surface area contributed by atoms with Gasteiger partial charge in [-0.15, -0.1) is 11.3 Å². The Morgan fingerprint density at radius 3 is 2.67 bits per heavy atom. The van der Waals surface area contributed by atoms with E-state index >= 15 is 0 Å². The highest BCUT2D eigenvalue weighted by Gasteiger charge is 2.30. The Kier molecular flexibility index (Phi) is 5.68. The van der Waals surface area contributed by atoms with Crippen molar-refractivity contribution in [1.29, 1.82) is 0 Å². The lowest BCUT2D eigenvalue weighted by molar-refractivity contribution is -0.384. The lowest BCUT2D eigenvalue weighted by Crippen LogP contribution is -2.46. The van der Waals surface area contributed by atoms with Crippen LogP contribution < -0.4 is 10.9 Å². The number of hydrogen-bond acceptors (Lipinski definition) is 7. The van der Waals surface area contributed by atoms with Crippen LogP contribution in [-0.4, -0.2) is 39.7 Å². The molecule has 1 fully saturated rings. The summed E-state index contributed by atoms with van der Waals surface area (Å²) in [5.41, 5.74) is 5.84. The van der Waals surface area contributed by atoms with Gasteiger partial charge in [0.2, 0.25) is 0 Å². The van der Waals surface area contributed by atoms with E-state index in [0.717, 1.165) is 34.6 Å². The third-order valence-electron chi connectivity index (χ3n) is 4.96. The summed E-state index contributed by atoms with van der Waals surface area (Å²) in [6.07, 6.45) is 1.91. The number of carbonyl (C=O) groups excluding carboxylic acids is 2. The van der Waals surface area contributed by atoms with E-state index in [-0.39, 0.29) is 29.7 Å². The molecular formula is C20H19N5O4S. The highest BCUT2D eigenvalue weighted by Crippen LogP contribution is 2.36. The SMILES string of the molecule is O=C(CN1CCCC1c1nc2ccccc2s1)NNC(=O)c1ccc([N+](=O)[O-])cc1. The van der Waals surface area contributed by atoms with Gasteiger partial charge in [-0.2, -0.15) is 0 Å². The number of nitrogens with zero attached hydrogens (tertiary/aromatic N) is 3. The molecule has 2 N–H and O–H groups in total. The number of non-ortho nitro benzene ring substituents is 1. The molecule has 0 aliphatic carbocycles. The first-order valence-electron chi connectivity index (χ1n) is 9.44. The molecule has 9 nitrogen and oxygen atoms in total. The van der Waals surface area contributed by atoms with Crippen LogP contribution in [-0.2, 0) is 4.79 Å². The number of likely N-dealkylation sites (tertiary alicyclic amines) is 1. The standard InChI is InChI=1S/C20H19N5O4S/c26-18(22-23-19(27)13-7-9-14(10-8-13)25(28)29)12-24-11-3-5-16(24)20-21-15-4-1-2-6-17(15)30-20/h1-2,4,6-10,16H,3,5,11-12H2,(H,22,26)(H,23,27). The molecule has 30 heavy (non-hydrogen) atoms. The van der Waals surface area contributed by atoms with Gasteiger partial charge in [0, 0.05) is 17.7 Å². The maximum absolute atomic E-state index is 12.4. The topological polar surface area (TPSA) is 117 Å². The molecule has 1 unspecified atom stereocenters. The number of thiazole rings is 1. The van der Waals surface area contributed by atoms with E-state index in [1.54, 1.807) is 11.3 Å². The number of amides is 2. The van der Waals surface area contributed by atoms with Gasteiger partial charge in [0.15, 0.2) is 0 Å². The Morgan fingerprint density at radius 1 is 1.17 bits per heavy atom. The molecule has 1 aliphatic heterocycles. The van der Waals surface area contributed by atoms with Gasteiger partial charge in [-0.05, 0) is 43.7 Å². The molecule has 3 aromatic rings. The van der Waals surface area contributed by atoms with Crippen LogP contribution in [0.1, 0.15) is 34.2 Å². The van der Waals surface area contributed by atoms with Crippen LogP contribution in [0.3, 0.4) is 0 Å². The van der Waals surface area contributed by atoms with Gasteiger partial charge in [-0.25, -0.2) is 4.98 Å². The van der Waals surface area contributed by atoms with Crippen molar-refractivity contribution in [3.8, 4) is 0 Å². The minimum Gasteiger partial charge on any atom is -0.285 e. The van der Waals surface area contributed by atoms with Gasteiger partial charge in [-0.3, -0.25) is 35.5 Å². The first kappa shape index (κ1) is 19.9. The van der Waals surface area contributed by atoms with Crippen molar-refractivity contribution in [2.24, 2.45) is 0 Å². The Labute approximate surface area is 175 Å². The maximum atomic E-state index is 12.4. The molecule has 4 rings (SSSR count). The molecule has 1 aliphatic rings. The third kappa shape index (κ3) is 4.29. The molecule has 154 valence electrons. The van der Waals surface area contributed by atoms with Gasteiger partial charge in [-0.1, -0.05) is 12.1 Å². The van der Waals surface area contributed by atoms with Gasteiger partial charge >= 0.3 is 0 Å². The number of hydrogen-bond donors (Lipinski definition) is 2. The fraction of sp³-hybridized carbons (Fsp3) is 0.250. The summed E-state index contributed by atoms with van der Waals surface area (Å²) in [5.74, 6) is -0.874. The molecule has 0 radical (unpaired) electrons. The average molecular weight is 425 g/mol. The Bertz CT molecular complexity index is 1070. The smallest absolute Gasteiger partial charge is 0.269 e. The van der Waals surface area contributed by atoms with Crippen molar-refractivity contribution in [2.45, 2.75) is 18.9 Å². The molecule has 10 heteroatoms. The quantitative estimate of drug-likeness (QED) is 0.479. The monoisotopic (exact) mass is 425 g/mol. The third-order valence-corrected chi connectivity index (χ3v) is 6.10. The normalized spacial score (nSPS) is 16.5. The highest BCUT2D eigenvalue weighted by atomic mass is 32.1. The number of aromatic nitrogens is 1. The van der Waals surface area contributed by atoms with Gasteiger partial charge in [0.1, 0.15) is 5.01 Å². The number of para-hydroxylation sites is 1. The van der Waals surface area contributed by atoms with Crippen LogP contribution in [0.2, 0.25) is 0 Å². The Morgan fingerprint density at radius 2 is 1.93 bits per heavy atom. The second-order valence-corrected chi connectivity index (χ2v) is 8.02. The van der Waals surface area contributed by atoms with E-state index in [0.29, 0.717) is 0 Å². The minimum absolute atomic E-state index is 0.0820. The second-order valence-electron chi connectivity index (χ2n) is 6.95. The van der Waals surface area contributed by atoms with Crippen LogP contribution >= 0.6 is 11.3 Å². The van der Waals surface area contributed by atoms with E-state index in [9.17, 15) is 19.7 Å². The second kappa shape index (κ2) is 8.56. The van der Waals surface area contributed by atoms with E-state index in [2.05, 4.69) is 15.8 Å². The van der Waals surface area contributed by atoms with Crippen LogP contribution in [0.5, 0.6) is 0 Å². The molecular weight excluding hydrogens is 406 g/mol. The first-order valence-corrected chi connectivity index (χ1v) is 10.3. The zero-order valence-corrected chi connectivity index (χ0v) is 16.7. The molecule has 1 aromatic heterocycles. The summed E-state index contributed by atoms with van der Waals surface area (Å²) in [6, 6.07) is 13.2. The fourth-order valence-electron chi connectivity index (χ4n) is 3.48. The van der Waals surface area contributed by atoms with Crippen molar-refractivity contribution in [3.05, 3.63) is 69.2 Å². The summed E-state index contributed by atoms with van der Waals surface area (Å²) < 4.78 is 1.12. The minimum atomic E-state index is -0.540. The number of nitrogens with one attached hydrogen (secondary N) is 2. The van der Waals surface area contributed by atoms with Gasteiger partial charge < -0.3 is 0 Å². The van der Waals surface area contributed by atoms with Crippen molar-refractivity contribution in [1.82, 2.24) is 20.7 Å².